The zero-order chi connectivity index (χ0) is 12.8. The Bertz CT molecular complexity index is 384. The third-order valence-corrected chi connectivity index (χ3v) is 3.70. The van der Waals surface area contributed by atoms with Gasteiger partial charge >= 0.3 is 0 Å². The third-order valence-electron chi connectivity index (χ3n) is 3.70. The van der Waals surface area contributed by atoms with Gasteiger partial charge in [-0.25, -0.2) is 0 Å². The Morgan fingerprint density at radius 1 is 1.17 bits per heavy atom. The molecular formula is C16H23NO. The molecule has 1 aliphatic rings. The van der Waals surface area contributed by atoms with E-state index < -0.39 is 0 Å². The molecule has 1 aromatic rings. The number of benzene rings is 1. The van der Waals surface area contributed by atoms with Gasteiger partial charge in [-0.3, -0.25) is 0 Å². The van der Waals surface area contributed by atoms with Crippen molar-refractivity contribution in [1.29, 1.82) is 0 Å². The Balaban J connectivity index is 1.96. The van der Waals surface area contributed by atoms with Crippen LogP contribution in [0.4, 0.5) is 0 Å². The number of rotatable bonds is 4. The zero-order valence-corrected chi connectivity index (χ0v) is 11.2. The zero-order valence-electron chi connectivity index (χ0n) is 11.2. The van der Waals surface area contributed by atoms with Gasteiger partial charge in [0.05, 0.1) is 0 Å². The van der Waals surface area contributed by atoms with E-state index in [-0.39, 0.29) is 6.61 Å². The van der Waals surface area contributed by atoms with E-state index in [9.17, 15) is 0 Å². The lowest BCUT2D eigenvalue weighted by Gasteiger charge is -2.26. The Labute approximate surface area is 110 Å². The van der Waals surface area contributed by atoms with Crippen molar-refractivity contribution in [3.8, 4) is 0 Å². The summed E-state index contributed by atoms with van der Waals surface area (Å²) in [6, 6.07) is 8.54. The van der Waals surface area contributed by atoms with Crippen LogP contribution in [0.25, 0.3) is 6.08 Å². The maximum atomic E-state index is 8.88. The molecule has 0 saturated carbocycles. The van der Waals surface area contributed by atoms with Gasteiger partial charge in [-0.2, -0.15) is 0 Å². The molecule has 1 aromatic carbocycles. The highest BCUT2D eigenvalue weighted by atomic mass is 16.2. The van der Waals surface area contributed by atoms with Crippen molar-refractivity contribution in [2.75, 3.05) is 26.2 Å². The summed E-state index contributed by atoms with van der Waals surface area (Å²) in [7, 11) is 0. The summed E-state index contributed by atoms with van der Waals surface area (Å²) in [5.74, 6) is 0. The Kier molecular flexibility index (Phi) is 4.97. The van der Waals surface area contributed by atoms with Crippen molar-refractivity contribution < 1.29 is 5.11 Å². The summed E-state index contributed by atoms with van der Waals surface area (Å²) in [5, 5.41) is 8.88. The summed E-state index contributed by atoms with van der Waals surface area (Å²) in [4.78, 5) is 2.50. The van der Waals surface area contributed by atoms with E-state index >= 15 is 0 Å². The molecule has 1 saturated heterocycles. The lowest BCUT2D eigenvalue weighted by atomic mass is 10.00. The highest BCUT2D eigenvalue weighted by molar-refractivity contribution is 5.53. The Morgan fingerprint density at radius 3 is 2.39 bits per heavy atom. The van der Waals surface area contributed by atoms with E-state index in [0.29, 0.717) is 0 Å². The Hall–Kier alpha value is -1.12. The van der Waals surface area contributed by atoms with E-state index in [1.165, 1.54) is 43.6 Å². The summed E-state index contributed by atoms with van der Waals surface area (Å²) in [5.41, 5.74) is 4.06. The van der Waals surface area contributed by atoms with Gasteiger partial charge in [0, 0.05) is 19.7 Å². The van der Waals surface area contributed by atoms with Crippen molar-refractivity contribution in [3.05, 3.63) is 41.0 Å². The predicted octanol–water partition coefficient (Wildman–Crippen LogP) is 2.72. The van der Waals surface area contributed by atoms with Crippen LogP contribution in [0.2, 0.25) is 0 Å². The van der Waals surface area contributed by atoms with Crippen molar-refractivity contribution in [2.45, 2.75) is 26.2 Å². The molecule has 2 heteroatoms. The molecule has 98 valence electrons. The molecule has 1 N–H and O–H groups in total. The lowest BCUT2D eigenvalue weighted by molar-refractivity contribution is 0.270. The van der Waals surface area contributed by atoms with Crippen LogP contribution >= 0.6 is 0 Å². The molecule has 2 nitrogen and oxygen atoms in total. The van der Waals surface area contributed by atoms with Crippen LogP contribution < -0.4 is 0 Å². The molecule has 0 unspecified atom stereocenters. The van der Waals surface area contributed by atoms with Crippen LogP contribution in [0.3, 0.4) is 0 Å². The molecule has 0 radical (unpaired) electrons. The first-order valence-electron chi connectivity index (χ1n) is 6.93. The number of piperidine rings is 1. The molecule has 0 amide bonds. The van der Waals surface area contributed by atoms with E-state index in [4.69, 9.17) is 5.11 Å². The van der Waals surface area contributed by atoms with Gasteiger partial charge in [0.2, 0.25) is 0 Å². The van der Waals surface area contributed by atoms with E-state index in [1.54, 1.807) is 5.57 Å². The van der Waals surface area contributed by atoms with Crippen LogP contribution in [0.5, 0.6) is 0 Å². The average Bonchev–Trinajstić information content (AvgIpc) is 2.42. The fourth-order valence-electron chi connectivity index (χ4n) is 2.45. The van der Waals surface area contributed by atoms with Crippen molar-refractivity contribution >= 4 is 6.08 Å². The molecule has 1 heterocycles. The Morgan fingerprint density at radius 2 is 1.83 bits per heavy atom. The molecule has 0 aromatic heterocycles. The fourth-order valence-corrected chi connectivity index (χ4v) is 2.45. The number of nitrogens with zero attached hydrogens (tertiary/aromatic N) is 1. The molecule has 0 atom stereocenters. The summed E-state index contributed by atoms with van der Waals surface area (Å²) in [6.45, 7) is 6.03. The van der Waals surface area contributed by atoms with Crippen molar-refractivity contribution in [1.82, 2.24) is 4.90 Å². The number of hydrogen-bond donors (Lipinski definition) is 1. The molecule has 1 fully saturated rings. The number of aliphatic hydroxyl groups excluding tert-OH is 1. The van der Waals surface area contributed by atoms with Gasteiger partial charge in [-0.15, -0.1) is 0 Å². The van der Waals surface area contributed by atoms with Crippen molar-refractivity contribution in [2.24, 2.45) is 0 Å². The highest BCUT2D eigenvalue weighted by Crippen LogP contribution is 2.19. The molecule has 1 aliphatic heterocycles. The van der Waals surface area contributed by atoms with Gasteiger partial charge < -0.3 is 10.0 Å². The second-order valence-electron chi connectivity index (χ2n) is 4.95. The van der Waals surface area contributed by atoms with Gasteiger partial charge in [-0.05, 0) is 36.9 Å². The highest BCUT2D eigenvalue weighted by Gasteiger charge is 2.11. The maximum absolute atomic E-state index is 8.88. The number of likely N-dealkylation sites (tertiary alicyclic amines) is 1. The quantitative estimate of drug-likeness (QED) is 0.881. The van der Waals surface area contributed by atoms with Crippen LogP contribution in [-0.4, -0.2) is 36.2 Å². The predicted molar refractivity (Wildman–Crippen MR) is 76.6 cm³/mol. The molecule has 0 bridgehead atoms. The van der Waals surface area contributed by atoms with E-state index in [2.05, 4.69) is 42.2 Å². The van der Waals surface area contributed by atoms with E-state index in [1.807, 2.05) is 0 Å². The average molecular weight is 245 g/mol. The first-order chi connectivity index (χ1) is 8.81. The summed E-state index contributed by atoms with van der Waals surface area (Å²) in [6.07, 6.45) is 5.48. The van der Waals surface area contributed by atoms with E-state index in [0.717, 1.165) is 6.42 Å². The molecule has 18 heavy (non-hydrogen) atoms. The van der Waals surface area contributed by atoms with Gasteiger partial charge in [-0.1, -0.05) is 42.8 Å². The van der Waals surface area contributed by atoms with Gasteiger partial charge in [0.25, 0.3) is 0 Å². The van der Waals surface area contributed by atoms with Crippen molar-refractivity contribution in [3.63, 3.8) is 0 Å². The minimum absolute atomic E-state index is 0.229. The molecule has 0 aliphatic carbocycles. The van der Waals surface area contributed by atoms with Crippen LogP contribution in [0, 0.1) is 0 Å². The molecular weight excluding hydrogens is 222 g/mol. The van der Waals surface area contributed by atoms with Gasteiger partial charge in [0.15, 0.2) is 0 Å². The normalized spacial score (nSPS) is 16.9. The number of aliphatic hydroxyl groups is 1. The number of hydrogen-bond acceptors (Lipinski definition) is 2. The monoisotopic (exact) mass is 245 g/mol. The fraction of sp³-hybridized carbons (Fsp3) is 0.500. The molecule has 2 rings (SSSR count). The SMILES string of the molecule is CCN1CCC(=Cc2ccc(CCO)cc2)CC1. The second-order valence-corrected chi connectivity index (χ2v) is 4.95. The minimum atomic E-state index is 0.229. The maximum Gasteiger partial charge on any atom is 0.0471 e. The topological polar surface area (TPSA) is 23.5 Å². The summed E-state index contributed by atoms with van der Waals surface area (Å²) < 4.78 is 0. The second kappa shape index (κ2) is 6.72. The third kappa shape index (κ3) is 3.69. The molecule has 0 spiro atoms. The lowest BCUT2D eigenvalue weighted by Crippen LogP contribution is -2.30. The van der Waals surface area contributed by atoms with Crippen LogP contribution in [0.15, 0.2) is 29.8 Å². The largest absolute Gasteiger partial charge is 0.396 e. The van der Waals surface area contributed by atoms with Crippen LogP contribution in [-0.2, 0) is 6.42 Å². The first-order valence-corrected chi connectivity index (χ1v) is 6.93. The summed E-state index contributed by atoms with van der Waals surface area (Å²) >= 11 is 0. The van der Waals surface area contributed by atoms with Crippen LogP contribution in [0.1, 0.15) is 30.9 Å². The first kappa shape index (κ1) is 13.3. The standard InChI is InChI=1S/C16H23NO/c1-2-17-10-7-16(8-11-17)13-15-5-3-14(4-6-15)9-12-18/h3-6,13,18H,2,7-12H2,1H3. The minimum Gasteiger partial charge on any atom is -0.396 e. The smallest absolute Gasteiger partial charge is 0.0471 e. The van der Waals surface area contributed by atoms with Gasteiger partial charge in [0.1, 0.15) is 0 Å².